The molecule has 0 aliphatic carbocycles. The summed E-state index contributed by atoms with van der Waals surface area (Å²) < 4.78 is 12.7. The quantitative estimate of drug-likeness (QED) is 0.244. The molecular weight excluding hydrogens is 463 g/mol. The number of allylic oxidation sites excluding steroid dienone is 2. The lowest BCUT2D eigenvalue weighted by atomic mass is 10.3. The van der Waals surface area contributed by atoms with Crippen molar-refractivity contribution in [2.45, 2.75) is 40.4 Å². The average Bonchev–Trinajstić information content (AvgIpc) is 3.22. The number of thiol groups is 2. The number of hydrogen-bond donors (Lipinski definition) is 2. The molecule has 2 aliphatic heterocycles. The second-order valence-corrected chi connectivity index (χ2v) is 11.2. The Morgan fingerprint density at radius 1 is 0.815 bits per heavy atom. The molecule has 1 aromatic rings. The van der Waals surface area contributed by atoms with E-state index in [2.05, 4.69) is 25.3 Å². The van der Waals surface area contributed by atoms with E-state index < -0.39 is 11.9 Å². The number of hydrogen-bond acceptors (Lipinski definition) is 11. The van der Waals surface area contributed by atoms with Crippen LogP contribution >= 0.6 is 72.3 Å². The van der Waals surface area contributed by atoms with Gasteiger partial charge in [-0.1, -0.05) is 47.0 Å². The van der Waals surface area contributed by atoms with Gasteiger partial charge in [-0.05, 0) is 23.7 Å². The van der Waals surface area contributed by atoms with E-state index in [1.165, 1.54) is 60.0 Å². The lowest BCUT2D eigenvalue weighted by Crippen LogP contribution is -2.08. The number of fused-ring (bicyclic) bond motifs is 2. The van der Waals surface area contributed by atoms with Gasteiger partial charge < -0.3 is 9.47 Å². The van der Waals surface area contributed by atoms with Gasteiger partial charge in [0.2, 0.25) is 0 Å². The zero-order chi connectivity index (χ0) is 19.9. The molecule has 0 bridgehead atoms. The van der Waals surface area contributed by atoms with Crippen molar-refractivity contribution in [2.75, 3.05) is 0 Å². The number of nitriles is 1. The van der Waals surface area contributed by atoms with Crippen molar-refractivity contribution >= 4 is 84.2 Å². The summed E-state index contributed by atoms with van der Waals surface area (Å²) in [6.07, 6.45) is 0. The van der Waals surface area contributed by atoms with Gasteiger partial charge in [0.1, 0.15) is 0 Å². The van der Waals surface area contributed by atoms with E-state index in [0.717, 1.165) is 18.3 Å². The molecule has 2 aliphatic rings. The van der Waals surface area contributed by atoms with E-state index in [1.54, 1.807) is 0 Å². The maximum atomic E-state index is 11.7. The van der Waals surface area contributed by atoms with Gasteiger partial charge in [-0.15, -0.1) is 25.3 Å². The van der Waals surface area contributed by atoms with E-state index in [9.17, 15) is 9.59 Å². The highest BCUT2D eigenvalue weighted by atomic mass is 32.2. The Balaban J connectivity index is 2.29. The number of rotatable bonds is 2. The Kier molecular flexibility index (Phi) is 6.45. The Hall–Kier alpha value is -0.770. The van der Waals surface area contributed by atoms with Crippen LogP contribution in [0.1, 0.15) is 20.8 Å². The van der Waals surface area contributed by atoms with Crippen molar-refractivity contribution in [3.8, 4) is 17.6 Å². The summed E-state index contributed by atoms with van der Waals surface area (Å²) in [7, 11) is 0. The first kappa shape index (κ1) is 21.0. The fraction of sp³-hybridized carbons (Fsp3) is 0.188. The first-order valence-corrected chi connectivity index (χ1v) is 11.4. The van der Waals surface area contributed by atoms with E-state index in [0.29, 0.717) is 31.1 Å². The summed E-state index contributed by atoms with van der Waals surface area (Å²) in [6, 6.07) is 1.48. The minimum Gasteiger partial charge on any atom is -0.424 e. The smallest absolute Gasteiger partial charge is 0.416 e. The summed E-state index contributed by atoms with van der Waals surface area (Å²) in [5.74, 6) is -0.728. The summed E-state index contributed by atoms with van der Waals surface area (Å²) >= 11 is 14.3. The molecule has 0 saturated heterocycles. The lowest BCUT2D eigenvalue weighted by molar-refractivity contribution is -0.132. The third-order valence-corrected chi connectivity index (χ3v) is 9.79. The van der Waals surface area contributed by atoms with E-state index in [-0.39, 0.29) is 0 Å². The van der Waals surface area contributed by atoms with Gasteiger partial charge in [-0.2, -0.15) is 5.26 Å². The third kappa shape index (κ3) is 4.16. The second-order valence-electron chi connectivity index (χ2n) is 5.22. The van der Waals surface area contributed by atoms with Crippen molar-refractivity contribution in [1.29, 1.82) is 5.26 Å². The number of carbonyl (C=O) groups is 2. The average molecular weight is 474 g/mol. The molecule has 0 unspecified atom stereocenters. The number of ether oxygens (including phenoxy) is 2. The van der Waals surface area contributed by atoms with Gasteiger partial charge in [0.05, 0.1) is 28.1 Å². The topological polar surface area (TPSA) is 76.4 Å². The molecule has 3 rings (SSSR count). The zero-order valence-electron chi connectivity index (χ0n) is 14.1. The molecule has 140 valence electrons. The fourth-order valence-electron chi connectivity index (χ4n) is 2.14. The zero-order valence-corrected chi connectivity index (χ0v) is 19.2. The van der Waals surface area contributed by atoms with Crippen molar-refractivity contribution in [1.82, 2.24) is 0 Å². The molecule has 0 saturated carbocycles. The monoisotopic (exact) mass is 473 g/mol. The Bertz CT molecular complexity index is 929. The molecule has 0 radical (unpaired) electrons. The lowest BCUT2D eigenvalue weighted by Gasteiger charge is -2.14. The highest BCUT2D eigenvalue weighted by molar-refractivity contribution is 8.26. The molecule has 0 N–H and O–H groups in total. The largest absolute Gasteiger partial charge is 0.424 e. The van der Waals surface area contributed by atoms with Crippen molar-refractivity contribution in [3.05, 3.63) is 18.3 Å². The van der Waals surface area contributed by atoms with Crippen LogP contribution in [0.4, 0.5) is 0 Å². The normalized spacial score (nSPS) is 18.4. The van der Waals surface area contributed by atoms with Crippen molar-refractivity contribution in [3.63, 3.8) is 0 Å². The van der Waals surface area contributed by atoms with Crippen LogP contribution in [0, 0.1) is 11.3 Å². The van der Waals surface area contributed by atoms with E-state index in [4.69, 9.17) is 14.7 Å². The maximum Gasteiger partial charge on any atom is 0.416 e. The first-order chi connectivity index (χ1) is 12.7. The van der Waals surface area contributed by atoms with Crippen LogP contribution in [0.5, 0.6) is 11.5 Å². The van der Waals surface area contributed by atoms with Crippen LogP contribution in [0.2, 0.25) is 0 Å². The van der Waals surface area contributed by atoms with Gasteiger partial charge in [-0.3, -0.25) is 4.79 Å². The molecule has 0 amide bonds. The molecule has 0 fully saturated rings. The van der Waals surface area contributed by atoms with E-state index in [1.807, 2.05) is 13.8 Å². The Morgan fingerprint density at radius 3 is 1.48 bits per heavy atom. The minimum atomic E-state index is -1.00. The summed E-state index contributed by atoms with van der Waals surface area (Å²) in [5.41, 5.74) is 0. The predicted molar refractivity (Wildman–Crippen MR) is 116 cm³/mol. The summed E-state index contributed by atoms with van der Waals surface area (Å²) in [5, 5.41) is 8.89. The number of nitrogens with zero attached hydrogens (tertiary/aromatic N) is 1. The van der Waals surface area contributed by atoms with Crippen LogP contribution in [0.3, 0.4) is 0 Å². The van der Waals surface area contributed by atoms with Gasteiger partial charge >= 0.3 is 11.9 Å². The van der Waals surface area contributed by atoms with Crippen LogP contribution in [0.25, 0.3) is 0 Å². The fourth-order valence-corrected chi connectivity index (χ4v) is 7.67. The first-order valence-electron chi connectivity index (χ1n) is 7.28. The second kappa shape index (κ2) is 8.31. The standard InChI is InChI=1S/C16H11NO4S6/c1-5(22)15-24-11-9(20-7(3)18)12-14(27-16(25-12)6(2)23)10(13(11)26-15)21-8(19)4-17/h22-23H,1-3H3/b15-5-,16-6+. The van der Waals surface area contributed by atoms with Crippen LogP contribution in [-0.2, 0) is 9.59 Å². The molecule has 0 atom stereocenters. The van der Waals surface area contributed by atoms with Crippen molar-refractivity contribution < 1.29 is 19.1 Å². The molecule has 27 heavy (non-hydrogen) atoms. The van der Waals surface area contributed by atoms with Crippen molar-refractivity contribution in [2.24, 2.45) is 0 Å². The molecule has 5 nitrogen and oxygen atoms in total. The summed E-state index contributed by atoms with van der Waals surface area (Å²) in [6.45, 7) is 5.03. The highest BCUT2D eigenvalue weighted by Gasteiger charge is 2.38. The SMILES string of the molecule is CC(=O)Oc1c2c(c(OC(=O)C#N)c3c1S/C(=C(/C)S)S3)S/C(=C(/C)S)S2. The molecule has 0 aromatic heterocycles. The molecule has 1 aromatic carbocycles. The molecule has 2 heterocycles. The van der Waals surface area contributed by atoms with Gasteiger partial charge in [-0.25, -0.2) is 4.79 Å². The molecule has 0 spiro atoms. The van der Waals surface area contributed by atoms with Crippen LogP contribution in [0.15, 0.2) is 37.9 Å². The van der Waals surface area contributed by atoms with E-state index >= 15 is 0 Å². The minimum absolute atomic E-state index is 0.298. The third-order valence-electron chi connectivity index (χ3n) is 3.14. The molecular formula is C16H11NO4S6. The maximum absolute atomic E-state index is 11.7. The summed E-state index contributed by atoms with van der Waals surface area (Å²) in [4.78, 5) is 27.6. The Morgan fingerprint density at radius 2 is 1.19 bits per heavy atom. The predicted octanol–water partition coefficient (Wildman–Crippen LogP) is 5.67. The Labute approximate surface area is 183 Å². The van der Waals surface area contributed by atoms with Gasteiger partial charge in [0.25, 0.3) is 0 Å². The number of benzene rings is 1. The van der Waals surface area contributed by atoms with Crippen LogP contribution < -0.4 is 9.47 Å². The number of carbonyl (C=O) groups excluding carboxylic acids is 2. The van der Waals surface area contributed by atoms with Gasteiger partial charge in [0.15, 0.2) is 17.6 Å². The molecule has 11 heteroatoms. The number of thioether (sulfide) groups is 4. The highest BCUT2D eigenvalue weighted by Crippen LogP contribution is 2.68. The van der Waals surface area contributed by atoms with Gasteiger partial charge in [0, 0.05) is 6.92 Å². The van der Waals surface area contributed by atoms with Crippen LogP contribution in [-0.4, -0.2) is 11.9 Å². The number of esters is 2.